The summed E-state index contributed by atoms with van der Waals surface area (Å²) in [6, 6.07) is 51.4. The van der Waals surface area contributed by atoms with Crippen LogP contribution in [-0.4, -0.2) is 0 Å². The molecule has 160 valence electrons. The van der Waals surface area contributed by atoms with Crippen molar-refractivity contribution in [2.75, 3.05) is 0 Å². The summed E-state index contributed by atoms with van der Waals surface area (Å²) in [5.74, 6) is 0. The highest BCUT2D eigenvalue weighted by Crippen LogP contribution is 2.46. The number of hydrogen-bond donors (Lipinski definition) is 0. The highest BCUT2D eigenvalue weighted by molar-refractivity contribution is 6.15. The summed E-state index contributed by atoms with van der Waals surface area (Å²) in [6.07, 6.45) is 0. The van der Waals surface area contributed by atoms with Crippen molar-refractivity contribution in [2.45, 2.75) is 0 Å². The maximum atomic E-state index is 2.22. The van der Waals surface area contributed by atoms with E-state index in [-0.39, 0.29) is 0 Å². The molecule has 0 fully saturated rings. The molecule has 7 rings (SSSR count). The molecule has 0 aliphatic heterocycles. The van der Waals surface area contributed by atoms with Gasteiger partial charge < -0.3 is 0 Å². The third-order valence-corrected chi connectivity index (χ3v) is 6.51. The largest absolute Gasteiger partial charge is 0.0622 e. The molecule has 0 heterocycles. The summed E-state index contributed by atoms with van der Waals surface area (Å²) in [5.41, 5.74) is 10.5. The topological polar surface area (TPSA) is 0 Å². The number of fused-ring (bicyclic) bond motifs is 3. The SMILES string of the molecule is c1ccc(-c2ccc(-c3ccccc3)cc2)cc1.c1ccc2c(c1)-c1cccc3cccc-2c13. The first-order valence-electron chi connectivity index (χ1n) is 11.7. The van der Waals surface area contributed by atoms with Crippen molar-refractivity contribution in [3.8, 4) is 44.5 Å². The molecule has 0 nitrogen and oxygen atoms in total. The van der Waals surface area contributed by atoms with Crippen molar-refractivity contribution in [2.24, 2.45) is 0 Å². The van der Waals surface area contributed by atoms with Crippen LogP contribution >= 0.6 is 0 Å². The van der Waals surface area contributed by atoms with Gasteiger partial charge in [0.2, 0.25) is 0 Å². The molecular weight excluding hydrogens is 408 g/mol. The highest BCUT2D eigenvalue weighted by Gasteiger charge is 2.19. The Hall–Kier alpha value is -4.42. The molecule has 0 saturated heterocycles. The van der Waals surface area contributed by atoms with E-state index in [0.29, 0.717) is 0 Å². The Labute approximate surface area is 200 Å². The molecule has 0 aromatic heterocycles. The molecule has 0 saturated carbocycles. The lowest BCUT2D eigenvalue weighted by atomic mass is 10.0. The summed E-state index contributed by atoms with van der Waals surface area (Å²) in [5, 5.41) is 2.75. The normalized spacial score (nSPS) is 10.9. The summed E-state index contributed by atoms with van der Waals surface area (Å²) < 4.78 is 0. The zero-order chi connectivity index (χ0) is 22.7. The van der Waals surface area contributed by atoms with Crippen LogP contribution in [0.4, 0.5) is 0 Å². The summed E-state index contributed by atoms with van der Waals surface area (Å²) >= 11 is 0. The molecule has 1 aliphatic rings. The van der Waals surface area contributed by atoms with Gasteiger partial charge in [-0.15, -0.1) is 0 Å². The van der Waals surface area contributed by atoms with Crippen molar-refractivity contribution < 1.29 is 0 Å². The zero-order valence-corrected chi connectivity index (χ0v) is 18.9. The zero-order valence-electron chi connectivity index (χ0n) is 18.9. The number of benzene rings is 6. The van der Waals surface area contributed by atoms with Crippen LogP contribution in [0.15, 0.2) is 146 Å². The van der Waals surface area contributed by atoms with Crippen molar-refractivity contribution >= 4 is 10.8 Å². The van der Waals surface area contributed by atoms with Crippen molar-refractivity contribution in [1.29, 1.82) is 0 Å². The van der Waals surface area contributed by atoms with Crippen LogP contribution in [-0.2, 0) is 0 Å². The smallest absolute Gasteiger partial charge is 0.00264 e. The minimum atomic E-state index is 1.26. The Bertz CT molecular complexity index is 1440. The molecule has 1 aliphatic carbocycles. The summed E-state index contributed by atoms with van der Waals surface area (Å²) in [7, 11) is 0. The Morgan fingerprint density at radius 1 is 0.235 bits per heavy atom. The molecule has 34 heavy (non-hydrogen) atoms. The van der Waals surface area contributed by atoms with E-state index < -0.39 is 0 Å². The third kappa shape index (κ3) is 3.70. The second-order valence-corrected chi connectivity index (χ2v) is 8.56. The van der Waals surface area contributed by atoms with Gasteiger partial charge in [-0.25, -0.2) is 0 Å². The van der Waals surface area contributed by atoms with Gasteiger partial charge in [-0.3, -0.25) is 0 Å². The Balaban J connectivity index is 0.000000128. The fourth-order valence-electron chi connectivity index (χ4n) is 4.86. The molecule has 0 amide bonds. The van der Waals surface area contributed by atoms with E-state index in [1.165, 1.54) is 55.3 Å². The third-order valence-electron chi connectivity index (χ3n) is 6.51. The molecular formula is C34H24. The lowest BCUT2D eigenvalue weighted by Gasteiger charge is -2.04. The van der Waals surface area contributed by atoms with E-state index in [0.717, 1.165) is 0 Å². The molecule has 0 heteroatoms. The fourth-order valence-corrected chi connectivity index (χ4v) is 4.86. The van der Waals surface area contributed by atoms with Crippen LogP contribution in [0.3, 0.4) is 0 Å². The predicted octanol–water partition coefficient (Wildman–Crippen LogP) is 9.51. The van der Waals surface area contributed by atoms with Crippen molar-refractivity contribution in [1.82, 2.24) is 0 Å². The van der Waals surface area contributed by atoms with Crippen molar-refractivity contribution in [3.05, 3.63) is 146 Å². The van der Waals surface area contributed by atoms with Gasteiger partial charge in [-0.2, -0.15) is 0 Å². The standard InChI is InChI=1S/C18H14.C16H10/c1-3-7-15(8-4-1)17-11-13-18(14-12-17)16-9-5-2-6-10-16;1-2-8-13-12(7-1)14-9-3-5-11-6-4-10-15(13)16(11)14/h1-14H;1-10H. The first-order chi connectivity index (χ1) is 16.9. The quantitative estimate of drug-likeness (QED) is 0.255. The second kappa shape index (κ2) is 8.84. The number of rotatable bonds is 2. The predicted molar refractivity (Wildman–Crippen MR) is 146 cm³/mol. The molecule has 0 radical (unpaired) electrons. The maximum Gasteiger partial charge on any atom is -0.00264 e. The fraction of sp³-hybridized carbons (Fsp3) is 0. The maximum absolute atomic E-state index is 2.22. The van der Waals surface area contributed by atoms with Crippen LogP contribution in [0.5, 0.6) is 0 Å². The van der Waals surface area contributed by atoms with E-state index in [9.17, 15) is 0 Å². The first kappa shape index (κ1) is 20.2. The van der Waals surface area contributed by atoms with Gasteiger partial charge in [0.05, 0.1) is 0 Å². The Kier molecular flexibility index (Phi) is 5.26. The van der Waals surface area contributed by atoms with Crippen LogP contribution in [0.2, 0.25) is 0 Å². The molecule has 0 bridgehead atoms. The van der Waals surface area contributed by atoms with Gasteiger partial charge in [0.1, 0.15) is 0 Å². The van der Waals surface area contributed by atoms with E-state index in [4.69, 9.17) is 0 Å². The molecule has 0 unspecified atom stereocenters. The Morgan fingerprint density at radius 2 is 0.588 bits per heavy atom. The highest BCUT2D eigenvalue weighted by atomic mass is 14.2. The van der Waals surface area contributed by atoms with Crippen LogP contribution < -0.4 is 0 Å². The van der Waals surface area contributed by atoms with Gasteiger partial charge in [0, 0.05) is 0 Å². The van der Waals surface area contributed by atoms with E-state index in [1.807, 2.05) is 12.1 Å². The van der Waals surface area contributed by atoms with E-state index in [2.05, 4.69) is 133 Å². The van der Waals surface area contributed by atoms with E-state index >= 15 is 0 Å². The minimum absolute atomic E-state index is 1.26. The summed E-state index contributed by atoms with van der Waals surface area (Å²) in [4.78, 5) is 0. The first-order valence-corrected chi connectivity index (χ1v) is 11.7. The summed E-state index contributed by atoms with van der Waals surface area (Å²) in [6.45, 7) is 0. The van der Waals surface area contributed by atoms with Crippen LogP contribution in [0.25, 0.3) is 55.3 Å². The van der Waals surface area contributed by atoms with Gasteiger partial charge in [-0.05, 0) is 55.3 Å². The Morgan fingerprint density at radius 3 is 1.03 bits per heavy atom. The van der Waals surface area contributed by atoms with Gasteiger partial charge in [-0.1, -0.05) is 146 Å². The van der Waals surface area contributed by atoms with Crippen molar-refractivity contribution in [3.63, 3.8) is 0 Å². The molecule has 0 N–H and O–H groups in total. The molecule has 0 atom stereocenters. The lowest BCUT2D eigenvalue weighted by molar-refractivity contribution is 1.59. The van der Waals surface area contributed by atoms with Gasteiger partial charge in [0.15, 0.2) is 0 Å². The second-order valence-electron chi connectivity index (χ2n) is 8.56. The lowest BCUT2D eigenvalue weighted by Crippen LogP contribution is -1.79. The minimum Gasteiger partial charge on any atom is -0.0622 e. The van der Waals surface area contributed by atoms with Crippen LogP contribution in [0, 0.1) is 0 Å². The van der Waals surface area contributed by atoms with Gasteiger partial charge >= 0.3 is 0 Å². The van der Waals surface area contributed by atoms with E-state index in [1.54, 1.807) is 0 Å². The van der Waals surface area contributed by atoms with Gasteiger partial charge in [0.25, 0.3) is 0 Å². The number of hydrogen-bond acceptors (Lipinski definition) is 0. The average Bonchev–Trinajstić information content (AvgIpc) is 3.26. The average molecular weight is 433 g/mol. The molecule has 6 aromatic carbocycles. The molecule has 0 spiro atoms. The molecule has 6 aromatic rings. The monoisotopic (exact) mass is 432 g/mol. The van der Waals surface area contributed by atoms with Crippen LogP contribution in [0.1, 0.15) is 0 Å².